The summed E-state index contributed by atoms with van der Waals surface area (Å²) in [4.78, 5) is 31.2. The molecule has 180 valence electrons. The van der Waals surface area contributed by atoms with Crippen LogP contribution in [0.1, 0.15) is 57.0 Å². The minimum absolute atomic E-state index is 0.0333. The lowest BCUT2D eigenvalue weighted by Gasteiger charge is -2.37. The second-order valence-electron chi connectivity index (χ2n) is 9.30. The van der Waals surface area contributed by atoms with Gasteiger partial charge in [-0.1, -0.05) is 34.1 Å². The van der Waals surface area contributed by atoms with Crippen LogP contribution in [0.5, 0.6) is 5.75 Å². The number of amides is 2. The Morgan fingerprint density at radius 3 is 2.61 bits per heavy atom. The molecule has 0 radical (unpaired) electrons. The van der Waals surface area contributed by atoms with Crippen molar-refractivity contribution in [3.63, 3.8) is 0 Å². The van der Waals surface area contributed by atoms with Gasteiger partial charge in [0, 0.05) is 24.4 Å². The minimum atomic E-state index is -0.315. The summed E-state index contributed by atoms with van der Waals surface area (Å²) in [6, 6.07) is 7.74. The van der Waals surface area contributed by atoms with E-state index in [-0.39, 0.29) is 42.7 Å². The number of carbonyl (C=O) groups is 2. The van der Waals surface area contributed by atoms with Crippen LogP contribution in [0.4, 0.5) is 4.39 Å². The molecule has 33 heavy (non-hydrogen) atoms. The van der Waals surface area contributed by atoms with Gasteiger partial charge >= 0.3 is 0 Å². The molecule has 0 N–H and O–H groups in total. The first-order valence-corrected chi connectivity index (χ1v) is 12.7. The highest BCUT2D eigenvalue weighted by Crippen LogP contribution is 2.34. The van der Waals surface area contributed by atoms with Gasteiger partial charge in [0.05, 0.1) is 12.6 Å². The van der Waals surface area contributed by atoms with E-state index in [0.717, 1.165) is 18.4 Å². The predicted molar refractivity (Wildman–Crippen MR) is 130 cm³/mol. The van der Waals surface area contributed by atoms with E-state index in [1.165, 1.54) is 17.0 Å². The Morgan fingerprint density at radius 2 is 1.94 bits per heavy atom. The van der Waals surface area contributed by atoms with Gasteiger partial charge in [0.25, 0.3) is 0 Å². The fourth-order valence-corrected chi connectivity index (χ4v) is 5.00. The van der Waals surface area contributed by atoms with Gasteiger partial charge in [0.2, 0.25) is 11.8 Å². The first-order valence-electron chi connectivity index (χ1n) is 11.8. The van der Waals surface area contributed by atoms with Gasteiger partial charge in [0.1, 0.15) is 18.2 Å². The van der Waals surface area contributed by atoms with Crippen molar-refractivity contribution in [2.45, 2.75) is 53.0 Å². The van der Waals surface area contributed by atoms with Crippen molar-refractivity contribution in [2.24, 2.45) is 11.8 Å². The van der Waals surface area contributed by atoms with Crippen molar-refractivity contribution >= 4 is 23.2 Å². The zero-order valence-electron chi connectivity index (χ0n) is 20.1. The average Bonchev–Trinajstić information content (AvgIpc) is 3.26. The molecule has 0 saturated carbocycles. The molecule has 0 bridgehead atoms. The summed E-state index contributed by atoms with van der Waals surface area (Å²) in [5, 5.41) is 2.05. The van der Waals surface area contributed by atoms with Crippen LogP contribution in [0.2, 0.25) is 0 Å². The van der Waals surface area contributed by atoms with Crippen LogP contribution in [-0.4, -0.2) is 47.9 Å². The van der Waals surface area contributed by atoms with E-state index in [4.69, 9.17) is 4.74 Å². The molecule has 1 aliphatic heterocycles. The number of thiophene rings is 1. The molecule has 1 aromatic carbocycles. The number of hydrogen-bond donors (Lipinski definition) is 0. The number of rotatable bonds is 10. The summed E-state index contributed by atoms with van der Waals surface area (Å²) < 4.78 is 19.2. The van der Waals surface area contributed by atoms with Crippen LogP contribution < -0.4 is 4.74 Å². The molecule has 0 fully saturated rings. The summed E-state index contributed by atoms with van der Waals surface area (Å²) >= 11 is 1.70. The molecule has 5 nitrogen and oxygen atoms in total. The van der Waals surface area contributed by atoms with E-state index in [1.807, 2.05) is 24.1 Å². The SMILES string of the molecule is CC[C@H](C)CN(CC(=O)N1CCc2sccc2[C@@H]1COc1ccc(F)cc1)C(=O)CC(C)C. The third-order valence-electron chi connectivity index (χ3n) is 6.13. The number of benzene rings is 1. The van der Waals surface area contributed by atoms with E-state index in [9.17, 15) is 14.0 Å². The van der Waals surface area contributed by atoms with Gasteiger partial charge in [-0.15, -0.1) is 11.3 Å². The van der Waals surface area contributed by atoms with Crippen molar-refractivity contribution in [1.82, 2.24) is 9.80 Å². The molecule has 7 heteroatoms. The first-order chi connectivity index (χ1) is 15.8. The largest absolute Gasteiger partial charge is 0.491 e. The maximum atomic E-state index is 13.5. The molecule has 0 saturated heterocycles. The third kappa shape index (κ3) is 6.79. The summed E-state index contributed by atoms with van der Waals surface area (Å²) in [6.45, 7) is 9.80. The lowest BCUT2D eigenvalue weighted by molar-refractivity contribution is -0.143. The highest BCUT2D eigenvalue weighted by atomic mass is 32.1. The molecule has 2 aromatic rings. The summed E-state index contributed by atoms with van der Waals surface area (Å²) in [7, 11) is 0. The van der Waals surface area contributed by atoms with Gasteiger partial charge < -0.3 is 14.5 Å². The Hall–Kier alpha value is -2.41. The fourth-order valence-electron chi connectivity index (χ4n) is 4.07. The number of ether oxygens (including phenoxy) is 1. The Bertz CT molecular complexity index is 928. The number of fused-ring (bicyclic) bond motifs is 1. The van der Waals surface area contributed by atoms with Crippen molar-refractivity contribution < 1.29 is 18.7 Å². The molecule has 2 heterocycles. The van der Waals surface area contributed by atoms with E-state index in [2.05, 4.69) is 19.9 Å². The molecule has 3 rings (SSSR count). The maximum absolute atomic E-state index is 13.5. The minimum Gasteiger partial charge on any atom is -0.491 e. The molecule has 1 aliphatic rings. The number of nitrogens with zero attached hydrogens (tertiary/aromatic N) is 2. The van der Waals surface area contributed by atoms with Crippen LogP contribution in [0.25, 0.3) is 0 Å². The van der Waals surface area contributed by atoms with Crippen molar-refractivity contribution in [3.8, 4) is 5.75 Å². The quantitative estimate of drug-likeness (QED) is 0.469. The van der Waals surface area contributed by atoms with E-state index in [0.29, 0.717) is 31.2 Å². The molecule has 2 amide bonds. The van der Waals surface area contributed by atoms with Crippen LogP contribution in [0.15, 0.2) is 35.7 Å². The Morgan fingerprint density at radius 1 is 1.21 bits per heavy atom. The van der Waals surface area contributed by atoms with Gasteiger partial charge in [-0.05, 0) is 59.5 Å². The average molecular weight is 475 g/mol. The Labute approximate surface area is 200 Å². The molecular weight excluding hydrogens is 439 g/mol. The smallest absolute Gasteiger partial charge is 0.242 e. The zero-order chi connectivity index (χ0) is 24.0. The molecular formula is C26H35FN2O3S. The van der Waals surface area contributed by atoms with Gasteiger partial charge in [-0.2, -0.15) is 0 Å². The summed E-state index contributed by atoms with van der Waals surface area (Å²) in [6.07, 6.45) is 2.20. The van der Waals surface area contributed by atoms with Crippen molar-refractivity contribution in [2.75, 3.05) is 26.2 Å². The van der Waals surface area contributed by atoms with Gasteiger partial charge in [0.15, 0.2) is 0 Å². The fraction of sp³-hybridized carbons (Fsp3) is 0.538. The van der Waals surface area contributed by atoms with E-state index < -0.39 is 0 Å². The lowest BCUT2D eigenvalue weighted by atomic mass is 10.00. The van der Waals surface area contributed by atoms with Crippen molar-refractivity contribution in [3.05, 3.63) is 52.0 Å². The van der Waals surface area contributed by atoms with Crippen LogP contribution in [0, 0.1) is 17.7 Å². The monoisotopic (exact) mass is 474 g/mol. The third-order valence-corrected chi connectivity index (χ3v) is 7.12. The second-order valence-corrected chi connectivity index (χ2v) is 10.3. The normalized spacial score (nSPS) is 16.4. The number of carbonyl (C=O) groups excluding carboxylic acids is 2. The first kappa shape index (κ1) is 25.2. The maximum Gasteiger partial charge on any atom is 0.242 e. The van der Waals surface area contributed by atoms with E-state index >= 15 is 0 Å². The van der Waals surface area contributed by atoms with Gasteiger partial charge in [-0.25, -0.2) is 4.39 Å². The lowest BCUT2D eigenvalue weighted by Crippen LogP contribution is -2.48. The highest BCUT2D eigenvalue weighted by Gasteiger charge is 2.33. The molecule has 0 aliphatic carbocycles. The van der Waals surface area contributed by atoms with Crippen molar-refractivity contribution in [1.29, 1.82) is 0 Å². The molecule has 0 spiro atoms. The Kier molecular flexibility index (Phi) is 8.89. The molecule has 0 unspecified atom stereocenters. The highest BCUT2D eigenvalue weighted by molar-refractivity contribution is 7.10. The topological polar surface area (TPSA) is 49.9 Å². The van der Waals surface area contributed by atoms with Crippen LogP contribution in [-0.2, 0) is 16.0 Å². The summed E-state index contributed by atoms with van der Waals surface area (Å²) in [5.41, 5.74) is 1.10. The van der Waals surface area contributed by atoms with Crippen LogP contribution in [0.3, 0.4) is 0 Å². The standard InChI is InChI=1S/C26H35FN2O3S/c1-5-19(4)15-28(25(30)14-18(2)3)16-26(31)29-12-10-24-22(11-13-33-24)23(29)17-32-21-8-6-20(27)7-9-21/h6-9,11,13,18-19,23H,5,10,12,14-17H2,1-4H3/t19-,23-/m0/s1. The summed E-state index contributed by atoms with van der Waals surface area (Å²) in [5.74, 6) is 0.801. The van der Waals surface area contributed by atoms with E-state index in [1.54, 1.807) is 28.4 Å². The second kappa shape index (κ2) is 11.6. The predicted octanol–water partition coefficient (Wildman–Crippen LogP) is 5.31. The Balaban J connectivity index is 1.76. The zero-order valence-corrected chi connectivity index (χ0v) is 20.9. The van der Waals surface area contributed by atoms with Gasteiger partial charge in [-0.3, -0.25) is 9.59 Å². The number of hydrogen-bond acceptors (Lipinski definition) is 4. The molecule has 2 atom stereocenters. The number of halogens is 1. The van der Waals surface area contributed by atoms with Crippen LogP contribution >= 0.6 is 11.3 Å². The molecule has 1 aromatic heterocycles.